The van der Waals surface area contributed by atoms with Crippen LogP contribution in [0.25, 0.3) is 0 Å². The monoisotopic (exact) mass is 188 g/mol. The summed E-state index contributed by atoms with van der Waals surface area (Å²) in [4.78, 5) is 2.26. The molecule has 0 spiro atoms. The van der Waals surface area contributed by atoms with Gasteiger partial charge in [-0.3, -0.25) is 4.90 Å². The molecule has 0 fully saturated rings. The Balaban J connectivity index is 4.01. The maximum atomic E-state index is 9.66. The van der Waals surface area contributed by atoms with Gasteiger partial charge in [0.25, 0.3) is 0 Å². The molecule has 3 N–H and O–H groups in total. The Labute approximate surface area is 81.9 Å². The van der Waals surface area contributed by atoms with E-state index >= 15 is 0 Å². The molecule has 0 saturated heterocycles. The summed E-state index contributed by atoms with van der Waals surface area (Å²) < 4.78 is 0. The quantitative estimate of drug-likeness (QED) is 0.649. The van der Waals surface area contributed by atoms with Gasteiger partial charge in [0.05, 0.1) is 5.60 Å². The first-order valence-electron chi connectivity index (χ1n) is 5.07. The molecule has 1 unspecified atom stereocenters. The van der Waals surface area contributed by atoms with Crippen LogP contribution in [0.15, 0.2) is 0 Å². The van der Waals surface area contributed by atoms with Crippen molar-refractivity contribution in [2.75, 3.05) is 19.6 Å². The number of hydrogen-bond donors (Lipinski definition) is 2. The average molecular weight is 188 g/mol. The van der Waals surface area contributed by atoms with Crippen LogP contribution in [0.1, 0.15) is 34.1 Å². The van der Waals surface area contributed by atoms with Gasteiger partial charge in [-0.15, -0.1) is 0 Å². The van der Waals surface area contributed by atoms with Crippen molar-refractivity contribution in [3.63, 3.8) is 0 Å². The van der Waals surface area contributed by atoms with Crippen molar-refractivity contribution in [2.45, 2.75) is 45.8 Å². The Morgan fingerprint density at radius 1 is 1.46 bits per heavy atom. The molecule has 3 heteroatoms. The van der Waals surface area contributed by atoms with Crippen LogP contribution < -0.4 is 5.73 Å². The molecular weight excluding hydrogens is 164 g/mol. The van der Waals surface area contributed by atoms with Gasteiger partial charge >= 0.3 is 0 Å². The minimum atomic E-state index is -0.612. The van der Waals surface area contributed by atoms with Gasteiger partial charge in [0, 0.05) is 12.6 Å². The first-order valence-corrected chi connectivity index (χ1v) is 5.07. The Bertz CT molecular complexity index is 131. The van der Waals surface area contributed by atoms with E-state index in [0.29, 0.717) is 19.1 Å². The molecule has 0 heterocycles. The van der Waals surface area contributed by atoms with Gasteiger partial charge in [0.1, 0.15) is 0 Å². The zero-order valence-electron chi connectivity index (χ0n) is 9.38. The van der Waals surface area contributed by atoms with E-state index in [1.54, 1.807) is 0 Å². The SMILES string of the molecule is CCN(CC(C)(C)O)C(C)CCN. The fourth-order valence-electron chi connectivity index (χ4n) is 1.50. The number of nitrogens with zero attached hydrogens (tertiary/aromatic N) is 1. The third kappa shape index (κ3) is 6.02. The maximum absolute atomic E-state index is 9.66. The average Bonchev–Trinajstić information content (AvgIpc) is 1.99. The Hall–Kier alpha value is -0.120. The van der Waals surface area contributed by atoms with E-state index in [-0.39, 0.29) is 0 Å². The van der Waals surface area contributed by atoms with Gasteiger partial charge in [-0.05, 0) is 40.3 Å². The van der Waals surface area contributed by atoms with Crippen LogP contribution in [0.5, 0.6) is 0 Å². The fraction of sp³-hybridized carbons (Fsp3) is 1.00. The smallest absolute Gasteiger partial charge is 0.0718 e. The molecule has 0 aromatic rings. The second-order valence-electron chi connectivity index (χ2n) is 4.30. The molecule has 3 nitrogen and oxygen atoms in total. The summed E-state index contributed by atoms with van der Waals surface area (Å²) in [6, 6.07) is 0.460. The summed E-state index contributed by atoms with van der Waals surface area (Å²) in [7, 11) is 0. The Kier molecular flexibility index (Phi) is 5.53. The van der Waals surface area contributed by atoms with Gasteiger partial charge < -0.3 is 10.8 Å². The third-order valence-electron chi connectivity index (χ3n) is 2.20. The van der Waals surface area contributed by atoms with Crippen LogP contribution in [0.4, 0.5) is 0 Å². The van der Waals surface area contributed by atoms with Crippen molar-refractivity contribution in [1.82, 2.24) is 4.90 Å². The summed E-state index contributed by atoms with van der Waals surface area (Å²) in [6.07, 6.45) is 0.990. The molecule has 0 aliphatic rings. The molecular formula is C10H24N2O. The predicted octanol–water partition coefficient (Wildman–Crippen LogP) is 0.817. The van der Waals surface area contributed by atoms with Gasteiger partial charge in [-0.1, -0.05) is 6.92 Å². The van der Waals surface area contributed by atoms with E-state index in [1.807, 2.05) is 13.8 Å². The summed E-state index contributed by atoms with van der Waals surface area (Å²) in [5, 5.41) is 9.66. The highest BCUT2D eigenvalue weighted by Gasteiger charge is 2.20. The highest BCUT2D eigenvalue weighted by Crippen LogP contribution is 2.09. The molecule has 0 aromatic heterocycles. The number of hydrogen-bond acceptors (Lipinski definition) is 3. The molecule has 0 saturated carbocycles. The second-order valence-corrected chi connectivity index (χ2v) is 4.30. The zero-order valence-corrected chi connectivity index (χ0v) is 9.38. The lowest BCUT2D eigenvalue weighted by molar-refractivity contribution is 0.0243. The summed E-state index contributed by atoms with van der Waals surface area (Å²) >= 11 is 0. The highest BCUT2D eigenvalue weighted by atomic mass is 16.3. The molecule has 0 amide bonds. The van der Waals surface area contributed by atoms with Gasteiger partial charge in [0.15, 0.2) is 0 Å². The molecule has 0 aliphatic carbocycles. The lowest BCUT2D eigenvalue weighted by atomic mass is 10.1. The van der Waals surface area contributed by atoms with Crippen molar-refractivity contribution >= 4 is 0 Å². The topological polar surface area (TPSA) is 49.5 Å². The van der Waals surface area contributed by atoms with Crippen molar-refractivity contribution in [1.29, 1.82) is 0 Å². The minimum Gasteiger partial charge on any atom is -0.389 e. The lowest BCUT2D eigenvalue weighted by Crippen LogP contribution is -2.43. The Morgan fingerprint density at radius 2 is 2.00 bits per heavy atom. The van der Waals surface area contributed by atoms with E-state index < -0.39 is 5.60 Å². The van der Waals surface area contributed by atoms with E-state index in [4.69, 9.17) is 5.73 Å². The van der Waals surface area contributed by atoms with E-state index in [2.05, 4.69) is 18.7 Å². The number of nitrogens with two attached hydrogens (primary N) is 1. The van der Waals surface area contributed by atoms with Crippen molar-refractivity contribution in [2.24, 2.45) is 5.73 Å². The number of likely N-dealkylation sites (N-methyl/N-ethyl adjacent to an activating group) is 1. The zero-order chi connectivity index (χ0) is 10.5. The largest absolute Gasteiger partial charge is 0.389 e. The number of rotatable bonds is 6. The summed E-state index contributed by atoms with van der Waals surface area (Å²) in [6.45, 7) is 10.3. The van der Waals surface area contributed by atoms with Gasteiger partial charge in [0.2, 0.25) is 0 Å². The first-order chi connectivity index (χ1) is 5.90. The molecule has 0 rings (SSSR count). The summed E-state index contributed by atoms with van der Waals surface area (Å²) in [5.74, 6) is 0. The van der Waals surface area contributed by atoms with E-state index in [0.717, 1.165) is 13.0 Å². The molecule has 0 radical (unpaired) electrons. The standard InChI is InChI=1S/C10H24N2O/c1-5-12(8-10(3,4)13)9(2)6-7-11/h9,13H,5-8,11H2,1-4H3. The van der Waals surface area contributed by atoms with Crippen LogP contribution in [0.2, 0.25) is 0 Å². The normalized spacial score (nSPS) is 15.0. The molecule has 0 bridgehead atoms. The summed E-state index contributed by atoms with van der Waals surface area (Å²) in [5.41, 5.74) is 4.88. The first kappa shape index (κ1) is 12.9. The van der Waals surface area contributed by atoms with Crippen molar-refractivity contribution in [3.8, 4) is 0 Å². The lowest BCUT2D eigenvalue weighted by Gasteiger charge is -2.32. The van der Waals surface area contributed by atoms with Crippen LogP contribution in [0, 0.1) is 0 Å². The minimum absolute atomic E-state index is 0.460. The molecule has 0 aromatic carbocycles. The fourth-order valence-corrected chi connectivity index (χ4v) is 1.50. The van der Waals surface area contributed by atoms with Crippen LogP contribution in [-0.4, -0.2) is 41.3 Å². The van der Waals surface area contributed by atoms with Crippen LogP contribution >= 0.6 is 0 Å². The predicted molar refractivity (Wildman–Crippen MR) is 56.7 cm³/mol. The third-order valence-corrected chi connectivity index (χ3v) is 2.20. The number of aliphatic hydroxyl groups is 1. The van der Waals surface area contributed by atoms with Crippen molar-refractivity contribution in [3.05, 3.63) is 0 Å². The molecule has 1 atom stereocenters. The van der Waals surface area contributed by atoms with E-state index in [1.165, 1.54) is 0 Å². The maximum Gasteiger partial charge on any atom is 0.0718 e. The van der Waals surface area contributed by atoms with Crippen LogP contribution in [-0.2, 0) is 0 Å². The second kappa shape index (κ2) is 5.58. The Morgan fingerprint density at radius 3 is 2.31 bits per heavy atom. The molecule has 0 aliphatic heterocycles. The molecule has 13 heavy (non-hydrogen) atoms. The van der Waals surface area contributed by atoms with E-state index in [9.17, 15) is 5.11 Å². The van der Waals surface area contributed by atoms with Gasteiger partial charge in [-0.2, -0.15) is 0 Å². The molecule has 80 valence electrons. The van der Waals surface area contributed by atoms with Gasteiger partial charge in [-0.25, -0.2) is 0 Å². The van der Waals surface area contributed by atoms with Crippen molar-refractivity contribution < 1.29 is 5.11 Å². The highest BCUT2D eigenvalue weighted by molar-refractivity contribution is 4.75. The van der Waals surface area contributed by atoms with Crippen LogP contribution in [0.3, 0.4) is 0 Å².